The van der Waals surface area contributed by atoms with Crippen LogP contribution in [-0.2, 0) is 4.74 Å². The van der Waals surface area contributed by atoms with E-state index in [0.717, 1.165) is 0 Å². The maximum absolute atomic E-state index is 11.7. The molecule has 98 valence electrons. The van der Waals surface area contributed by atoms with Crippen LogP contribution in [0.4, 0.5) is 5.69 Å². The predicted octanol–water partition coefficient (Wildman–Crippen LogP) is 2.12. The zero-order valence-electron chi connectivity index (χ0n) is 9.81. The number of nitro groups is 1. The highest BCUT2D eigenvalue weighted by Crippen LogP contribution is 2.25. The standard InChI is InChI=1S/C11H13BrN2O4/c1-18-6-2-5-13-11(15)8-3-4-9(12)10(7-8)14(16)17/h3-4,7H,2,5-6H2,1H3,(H,13,15). The number of carbonyl (C=O) groups excluding carboxylic acids is 1. The van der Waals surface area contributed by atoms with Crippen LogP contribution in [0.1, 0.15) is 16.8 Å². The number of rotatable bonds is 6. The third-order valence-corrected chi connectivity index (χ3v) is 2.89. The Morgan fingerprint density at radius 3 is 2.89 bits per heavy atom. The van der Waals surface area contributed by atoms with Gasteiger partial charge in [-0.05, 0) is 34.5 Å². The number of hydrogen-bond donors (Lipinski definition) is 1. The van der Waals surface area contributed by atoms with E-state index in [-0.39, 0.29) is 17.2 Å². The summed E-state index contributed by atoms with van der Waals surface area (Å²) in [5.74, 6) is -0.332. The Morgan fingerprint density at radius 1 is 1.56 bits per heavy atom. The van der Waals surface area contributed by atoms with Crippen LogP contribution >= 0.6 is 15.9 Å². The number of nitrogens with zero attached hydrogens (tertiary/aromatic N) is 1. The molecule has 0 aliphatic carbocycles. The number of methoxy groups -OCH3 is 1. The molecule has 0 saturated carbocycles. The fourth-order valence-corrected chi connectivity index (χ4v) is 1.71. The van der Waals surface area contributed by atoms with Gasteiger partial charge in [-0.2, -0.15) is 0 Å². The molecule has 0 atom stereocenters. The molecule has 0 bridgehead atoms. The normalized spacial score (nSPS) is 10.1. The molecule has 0 aliphatic rings. The zero-order valence-corrected chi connectivity index (χ0v) is 11.4. The van der Waals surface area contributed by atoms with Gasteiger partial charge in [0.15, 0.2) is 0 Å². The molecule has 1 N–H and O–H groups in total. The lowest BCUT2D eigenvalue weighted by Gasteiger charge is -2.05. The van der Waals surface area contributed by atoms with Crippen LogP contribution in [-0.4, -0.2) is 31.1 Å². The smallest absolute Gasteiger partial charge is 0.284 e. The second-order valence-corrected chi connectivity index (χ2v) is 4.38. The van der Waals surface area contributed by atoms with Gasteiger partial charge >= 0.3 is 0 Å². The predicted molar refractivity (Wildman–Crippen MR) is 69.6 cm³/mol. The van der Waals surface area contributed by atoms with Crippen molar-refractivity contribution in [2.24, 2.45) is 0 Å². The average molecular weight is 317 g/mol. The van der Waals surface area contributed by atoms with Gasteiger partial charge in [0.25, 0.3) is 11.6 Å². The summed E-state index contributed by atoms with van der Waals surface area (Å²) in [6.07, 6.45) is 0.695. The van der Waals surface area contributed by atoms with Gasteiger partial charge in [-0.1, -0.05) is 0 Å². The van der Waals surface area contributed by atoms with Gasteiger partial charge in [-0.15, -0.1) is 0 Å². The Labute approximate surface area is 113 Å². The van der Waals surface area contributed by atoms with E-state index in [0.29, 0.717) is 24.0 Å². The van der Waals surface area contributed by atoms with Crippen molar-refractivity contribution in [3.8, 4) is 0 Å². The van der Waals surface area contributed by atoms with Crippen LogP contribution in [0.15, 0.2) is 22.7 Å². The van der Waals surface area contributed by atoms with E-state index in [9.17, 15) is 14.9 Å². The number of benzene rings is 1. The van der Waals surface area contributed by atoms with E-state index < -0.39 is 4.92 Å². The Hall–Kier alpha value is -1.47. The fraction of sp³-hybridized carbons (Fsp3) is 0.364. The third kappa shape index (κ3) is 4.08. The summed E-state index contributed by atoms with van der Waals surface area (Å²) in [5, 5.41) is 13.4. The van der Waals surface area contributed by atoms with Crippen LogP contribution < -0.4 is 5.32 Å². The number of nitro benzene ring substituents is 1. The second kappa shape index (κ2) is 7.07. The molecule has 0 aliphatic heterocycles. The van der Waals surface area contributed by atoms with Crippen LogP contribution in [0.3, 0.4) is 0 Å². The van der Waals surface area contributed by atoms with Crippen molar-refractivity contribution < 1.29 is 14.5 Å². The molecule has 18 heavy (non-hydrogen) atoms. The SMILES string of the molecule is COCCCNC(=O)c1ccc(Br)c([N+](=O)[O-])c1. The molecule has 0 unspecified atom stereocenters. The summed E-state index contributed by atoms with van der Waals surface area (Å²) < 4.78 is 5.20. The quantitative estimate of drug-likeness (QED) is 0.495. The number of carbonyl (C=O) groups is 1. The molecule has 0 spiro atoms. The molecule has 1 amide bonds. The highest BCUT2D eigenvalue weighted by atomic mass is 79.9. The topological polar surface area (TPSA) is 81.5 Å². The summed E-state index contributed by atoms with van der Waals surface area (Å²) in [6.45, 7) is 1.03. The molecule has 1 aromatic carbocycles. The number of halogens is 1. The van der Waals surface area contributed by atoms with E-state index >= 15 is 0 Å². The molecule has 0 fully saturated rings. The Morgan fingerprint density at radius 2 is 2.28 bits per heavy atom. The second-order valence-electron chi connectivity index (χ2n) is 3.53. The van der Waals surface area contributed by atoms with Crippen LogP contribution in [0.2, 0.25) is 0 Å². The van der Waals surface area contributed by atoms with Crippen molar-refractivity contribution in [3.05, 3.63) is 38.3 Å². The summed E-state index contributed by atoms with van der Waals surface area (Å²) in [5.41, 5.74) is 0.141. The lowest BCUT2D eigenvalue weighted by Crippen LogP contribution is -2.25. The minimum absolute atomic E-state index is 0.125. The summed E-state index contributed by atoms with van der Waals surface area (Å²) in [7, 11) is 1.58. The first-order valence-corrected chi connectivity index (χ1v) is 6.06. The number of ether oxygens (including phenoxy) is 1. The van der Waals surface area contributed by atoms with Crippen molar-refractivity contribution >= 4 is 27.5 Å². The van der Waals surface area contributed by atoms with Gasteiger partial charge in [0.2, 0.25) is 0 Å². The van der Waals surface area contributed by atoms with Crippen molar-refractivity contribution in [1.82, 2.24) is 5.32 Å². The molecule has 0 aromatic heterocycles. The van der Waals surface area contributed by atoms with Crippen LogP contribution in [0.25, 0.3) is 0 Å². The third-order valence-electron chi connectivity index (χ3n) is 2.22. The summed E-state index contributed by atoms with van der Waals surface area (Å²) in [6, 6.07) is 4.26. The highest BCUT2D eigenvalue weighted by Gasteiger charge is 2.15. The van der Waals surface area contributed by atoms with Gasteiger partial charge in [-0.25, -0.2) is 0 Å². The van der Waals surface area contributed by atoms with Crippen LogP contribution in [0, 0.1) is 10.1 Å². The van der Waals surface area contributed by atoms with Gasteiger partial charge in [0, 0.05) is 31.9 Å². The van der Waals surface area contributed by atoms with E-state index in [1.165, 1.54) is 18.2 Å². The Balaban J connectivity index is 2.68. The van der Waals surface area contributed by atoms with E-state index in [4.69, 9.17) is 4.74 Å². The molecular formula is C11H13BrN2O4. The highest BCUT2D eigenvalue weighted by molar-refractivity contribution is 9.10. The van der Waals surface area contributed by atoms with E-state index in [1.54, 1.807) is 7.11 Å². The van der Waals surface area contributed by atoms with Gasteiger partial charge in [0.05, 0.1) is 9.40 Å². The molecule has 6 nitrogen and oxygen atoms in total. The molecule has 1 aromatic rings. The summed E-state index contributed by atoms with van der Waals surface area (Å²) >= 11 is 3.06. The monoisotopic (exact) mass is 316 g/mol. The van der Waals surface area contributed by atoms with Crippen molar-refractivity contribution in [1.29, 1.82) is 0 Å². The number of hydrogen-bond acceptors (Lipinski definition) is 4. The first-order chi connectivity index (χ1) is 8.56. The van der Waals surface area contributed by atoms with Crippen molar-refractivity contribution in [2.75, 3.05) is 20.3 Å². The Kier molecular flexibility index (Phi) is 5.73. The zero-order chi connectivity index (χ0) is 13.5. The number of amides is 1. The largest absolute Gasteiger partial charge is 0.385 e. The molecule has 1 rings (SSSR count). The minimum Gasteiger partial charge on any atom is -0.385 e. The first kappa shape index (κ1) is 14.6. The molecule has 0 heterocycles. The molecular weight excluding hydrogens is 304 g/mol. The van der Waals surface area contributed by atoms with Crippen molar-refractivity contribution in [2.45, 2.75) is 6.42 Å². The van der Waals surface area contributed by atoms with E-state index in [2.05, 4.69) is 21.2 Å². The lowest BCUT2D eigenvalue weighted by atomic mass is 10.2. The minimum atomic E-state index is -0.536. The lowest BCUT2D eigenvalue weighted by molar-refractivity contribution is -0.385. The maximum atomic E-state index is 11.7. The Bertz CT molecular complexity index is 451. The first-order valence-electron chi connectivity index (χ1n) is 5.27. The summed E-state index contributed by atoms with van der Waals surface area (Å²) in [4.78, 5) is 21.9. The fourth-order valence-electron chi connectivity index (χ4n) is 1.31. The molecule has 0 saturated heterocycles. The number of nitrogens with one attached hydrogen (secondary N) is 1. The van der Waals surface area contributed by atoms with Crippen LogP contribution in [0.5, 0.6) is 0 Å². The average Bonchev–Trinajstić information content (AvgIpc) is 2.34. The van der Waals surface area contributed by atoms with Crippen molar-refractivity contribution in [3.63, 3.8) is 0 Å². The molecule has 7 heteroatoms. The van der Waals surface area contributed by atoms with Gasteiger partial charge in [0.1, 0.15) is 0 Å². The van der Waals surface area contributed by atoms with Gasteiger partial charge in [-0.3, -0.25) is 14.9 Å². The molecule has 0 radical (unpaired) electrons. The van der Waals surface area contributed by atoms with E-state index in [1.807, 2.05) is 0 Å². The van der Waals surface area contributed by atoms with Gasteiger partial charge < -0.3 is 10.1 Å². The maximum Gasteiger partial charge on any atom is 0.284 e.